The van der Waals surface area contributed by atoms with Crippen molar-refractivity contribution in [3.05, 3.63) is 29.6 Å². The molecular weight excluding hydrogens is 209 g/mol. The van der Waals surface area contributed by atoms with E-state index in [0.717, 1.165) is 12.1 Å². The molecule has 1 aromatic carbocycles. The molecule has 2 rings (SSSR count). The van der Waals surface area contributed by atoms with Crippen LogP contribution in [0.4, 0.5) is 14.9 Å². The molecular formula is C11H14FN3O. The first-order valence-corrected chi connectivity index (χ1v) is 5.12. The molecule has 0 radical (unpaired) electrons. The SMILES string of the molecule is CN1CCN(Cc2ccc(F)cc2N)C1=O. The van der Waals surface area contributed by atoms with Gasteiger partial charge in [-0.15, -0.1) is 0 Å². The number of urea groups is 1. The van der Waals surface area contributed by atoms with E-state index in [1.165, 1.54) is 12.1 Å². The Bertz CT molecular complexity index is 422. The third-order valence-electron chi connectivity index (χ3n) is 2.77. The summed E-state index contributed by atoms with van der Waals surface area (Å²) in [6.45, 7) is 1.85. The fourth-order valence-electron chi connectivity index (χ4n) is 1.77. The van der Waals surface area contributed by atoms with Crippen LogP contribution in [0.2, 0.25) is 0 Å². The van der Waals surface area contributed by atoms with Gasteiger partial charge >= 0.3 is 6.03 Å². The van der Waals surface area contributed by atoms with Crippen LogP contribution in [0.1, 0.15) is 5.56 Å². The molecule has 0 bridgehead atoms. The number of amides is 2. The fourth-order valence-corrected chi connectivity index (χ4v) is 1.77. The lowest BCUT2D eigenvalue weighted by atomic mass is 10.1. The van der Waals surface area contributed by atoms with Crippen molar-refractivity contribution in [2.75, 3.05) is 25.9 Å². The second kappa shape index (κ2) is 4.00. The summed E-state index contributed by atoms with van der Waals surface area (Å²) in [4.78, 5) is 15.0. The van der Waals surface area contributed by atoms with Crippen molar-refractivity contribution in [3.8, 4) is 0 Å². The molecule has 1 aliphatic heterocycles. The number of hydrogen-bond donors (Lipinski definition) is 1. The molecule has 5 heteroatoms. The predicted octanol–water partition coefficient (Wildman–Crippen LogP) is 1.28. The molecule has 2 amide bonds. The van der Waals surface area contributed by atoms with Gasteiger partial charge in [-0.25, -0.2) is 9.18 Å². The molecule has 86 valence electrons. The lowest BCUT2D eigenvalue weighted by Crippen LogP contribution is -2.29. The highest BCUT2D eigenvalue weighted by Crippen LogP contribution is 2.18. The molecule has 16 heavy (non-hydrogen) atoms. The maximum atomic E-state index is 12.8. The van der Waals surface area contributed by atoms with Gasteiger partial charge in [-0.1, -0.05) is 6.07 Å². The summed E-state index contributed by atoms with van der Waals surface area (Å²) in [6, 6.07) is 4.25. The fraction of sp³-hybridized carbons (Fsp3) is 0.364. The summed E-state index contributed by atoms with van der Waals surface area (Å²) >= 11 is 0. The highest BCUT2D eigenvalue weighted by Gasteiger charge is 2.25. The van der Waals surface area contributed by atoms with E-state index in [1.54, 1.807) is 22.9 Å². The van der Waals surface area contributed by atoms with Crippen LogP contribution in [0, 0.1) is 5.82 Å². The van der Waals surface area contributed by atoms with Crippen LogP contribution in [0.3, 0.4) is 0 Å². The Labute approximate surface area is 93.4 Å². The van der Waals surface area contributed by atoms with Gasteiger partial charge in [0.15, 0.2) is 0 Å². The molecule has 0 unspecified atom stereocenters. The molecule has 1 aliphatic rings. The number of benzene rings is 1. The smallest absolute Gasteiger partial charge is 0.320 e. The first kappa shape index (κ1) is 10.7. The number of carbonyl (C=O) groups excluding carboxylic acids is 1. The van der Waals surface area contributed by atoms with Gasteiger partial charge in [-0.3, -0.25) is 0 Å². The third-order valence-corrected chi connectivity index (χ3v) is 2.77. The Morgan fingerprint density at radius 2 is 2.19 bits per heavy atom. The number of nitrogens with two attached hydrogens (primary N) is 1. The van der Waals surface area contributed by atoms with E-state index >= 15 is 0 Å². The number of nitrogens with zero attached hydrogens (tertiary/aromatic N) is 2. The zero-order valence-electron chi connectivity index (χ0n) is 9.11. The van der Waals surface area contributed by atoms with Crippen molar-refractivity contribution in [3.63, 3.8) is 0 Å². The van der Waals surface area contributed by atoms with E-state index in [4.69, 9.17) is 5.73 Å². The van der Waals surface area contributed by atoms with Gasteiger partial charge in [-0.2, -0.15) is 0 Å². The first-order valence-electron chi connectivity index (χ1n) is 5.12. The Morgan fingerprint density at radius 3 is 2.75 bits per heavy atom. The molecule has 0 aromatic heterocycles. The minimum Gasteiger partial charge on any atom is -0.398 e. The number of anilines is 1. The molecule has 0 aliphatic carbocycles. The number of hydrogen-bond acceptors (Lipinski definition) is 2. The topological polar surface area (TPSA) is 49.6 Å². The third kappa shape index (κ3) is 1.93. The molecule has 0 atom stereocenters. The maximum Gasteiger partial charge on any atom is 0.320 e. The number of likely N-dealkylation sites (N-methyl/N-ethyl adjacent to an activating group) is 1. The molecule has 1 aromatic rings. The van der Waals surface area contributed by atoms with Gasteiger partial charge in [0, 0.05) is 32.4 Å². The van der Waals surface area contributed by atoms with Crippen LogP contribution in [-0.2, 0) is 6.54 Å². The summed E-state index contributed by atoms with van der Waals surface area (Å²) in [6.07, 6.45) is 0. The van der Waals surface area contributed by atoms with Crippen molar-refractivity contribution < 1.29 is 9.18 Å². The summed E-state index contributed by atoms with van der Waals surface area (Å²) in [5.41, 5.74) is 6.86. The van der Waals surface area contributed by atoms with Crippen LogP contribution in [0.25, 0.3) is 0 Å². The predicted molar refractivity (Wildman–Crippen MR) is 59.2 cm³/mol. The van der Waals surface area contributed by atoms with Crippen LogP contribution in [-0.4, -0.2) is 36.0 Å². The zero-order chi connectivity index (χ0) is 11.7. The highest BCUT2D eigenvalue weighted by atomic mass is 19.1. The lowest BCUT2D eigenvalue weighted by molar-refractivity contribution is 0.197. The number of carbonyl (C=O) groups is 1. The van der Waals surface area contributed by atoms with Crippen LogP contribution < -0.4 is 5.73 Å². The maximum absolute atomic E-state index is 12.8. The molecule has 4 nitrogen and oxygen atoms in total. The Hall–Kier alpha value is -1.78. The lowest BCUT2D eigenvalue weighted by Gasteiger charge is -2.17. The van der Waals surface area contributed by atoms with Crippen LogP contribution in [0.5, 0.6) is 0 Å². The molecule has 0 spiro atoms. The molecule has 1 saturated heterocycles. The van der Waals surface area contributed by atoms with E-state index < -0.39 is 0 Å². The van der Waals surface area contributed by atoms with Crippen LogP contribution >= 0.6 is 0 Å². The molecule has 1 fully saturated rings. The van der Waals surface area contributed by atoms with Crippen molar-refractivity contribution in [2.24, 2.45) is 0 Å². The number of halogens is 1. The Morgan fingerprint density at radius 1 is 1.44 bits per heavy atom. The van der Waals surface area contributed by atoms with Crippen molar-refractivity contribution in [1.82, 2.24) is 9.80 Å². The molecule has 1 heterocycles. The Balaban J connectivity index is 2.12. The number of rotatable bonds is 2. The van der Waals surface area contributed by atoms with E-state index in [-0.39, 0.29) is 11.8 Å². The van der Waals surface area contributed by atoms with Gasteiger partial charge in [0.25, 0.3) is 0 Å². The van der Waals surface area contributed by atoms with Gasteiger partial charge in [0.05, 0.1) is 0 Å². The average molecular weight is 223 g/mol. The average Bonchev–Trinajstić information content (AvgIpc) is 2.54. The monoisotopic (exact) mass is 223 g/mol. The van der Waals surface area contributed by atoms with Crippen molar-refractivity contribution >= 4 is 11.7 Å². The zero-order valence-corrected chi connectivity index (χ0v) is 9.11. The summed E-state index contributed by atoms with van der Waals surface area (Å²) in [7, 11) is 1.76. The minimum absolute atomic E-state index is 0.0104. The van der Waals surface area contributed by atoms with Gasteiger partial charge < -0.3 is 15.5 Å². The Kier molecular flexibility index (Phi) is 2.68. The normalized spacial score (nSPS) is 16.0. The van der Waals surface area contributed by atoms with Crippen molar-refractivity contribution in [2.45, 2.75) is 6.54 Å². The molecule has 2 N–H and O–H groups in total. The van der Waals surface area contributed by atoms with Gasteiger partial charge in [-0.05, 0) is 17.7 Å². The number of nitrogen functional groups attached to an aromatic ring is 1. The summed E-state index contributed by atoms with van der Waals surface area (Å²) in [5, 5.41) is 0. The van der Waals surface area contributed by atoms with E-state index in [9.17, 15) is 9.18 Å². The minimum atomic E-state index is -0.355. The standard InChI is InChI=1S/C11H14FN3O/c1-14-4-5-15(11(14)16)7-8-2-3-9(12)6-10(8)13/h2-3,6H,4-5,7,13H2,1H3. The second-order valence-electron chi connectivity index (χ2n) is 3.97. The van der Waals surface area contributed by atoms with Gasteiger partial charge in [0.1, 0.15) is 5.82 Å². The summed E-state index contributed by atoms with van der Waals surface area (Å²) in [5.74, 6) is -0.355. The van der Waals surface area contributed by atoms with Crippen LogP contribution in [0.15, 0.2) is 18.2 Å². The highest BCUT2D eigenvalue weighted by molar-refractivity contribution is 5.76. The molecule has 0 saturated carbocycles. The largest absolute Gasteiger partial charge is 0.398 e. The van der Waals surface area contributed by atoms with E-state index in [0.29, 0.717) is 18.8 Å². The quantitative estimate of drug-likeness (QED) is 0.768. The second-order valence-corrected chi connectivity index (χ2v) is 3.97. The van der Waals surface area contributed by atoms with Crippen molar-refractivity contribution in [1.29, 1.82) is 0 Å². The van der Waals surface area contributed by atoms with E-state index in [1.807, 2.05) is 0 Å². The van der Waals surface area contributed by atoms with Gasteiger partial charge in [0.2, 0.25) is 0 Å². The van der Waals surface area contributed by atoms with E-state index in [2.05, 4.69) is 0 Å². The first-order chi connectivity index (χ1) is 7.58. The summed E-state index contributed by atoms with van der Waals surface area (Å²) < 4.78 is 12.8.